The first-order valence-corrected chi connectivity index (χ1v) is 15.7. The maximum absolute atomic E-state index is 2.35. The van der Waals surface area contributed by atoms with E-state index in [1.54, 1.807) is 46.8 Å². The van der Waals surface area contributed by atoms with E-state index in [-0.39, 0.29) is 18.9 Å². The Labute approximate surface area is 182 Å². The first kappa shape index (κ1) is 29.3. The number of unbranched alkanes of at least 4 members (excludes halogenated alkanes) is 12. The molecule has 0 heterocycles. The van der Waals surface area contributed by atoms with Crippen LogP contribution in [0.1, 0.15) is 130 Å². The van der Waals surface area contributed by atoms with Crippen LogP contribution in [0.4, 0.5) is 0 Å². The molecule has 0 N–H and O–H groups in total. The molecule has 0 aliphatic rings. The third-order valence-electron chi connectivity index (χ3n) is 6.68. The maximum Gasteiger partial charge on any atom is 1.00 e. The van der Waals surface area contributed by atoms with Crippen LogP contribution in [0.25, 0.3) is 0 Å². The summed E-state index contributed by atoms with van der Waals surface area (Å²) < 4.78 is 0. The van der Waals surface area contributed by atoms with Crippen molar-refractivity contribution >= 4 is 13.1 Å². The fourth-order valence-electron chi connectivity index (χ4n) is 4.88. The van der Waals surface area contributed by atoms with Gasteiger partial charge in [-0.3, -0.25) is 0 Å². The van der Waals surface area contributed by atoms with E-state index in [1.807, 2.05) is 0 Å². The molecule has 0 aliphatic heterocycles. The molecule has 0 saturated carbocycles. The molecule has 0 atom stereocenters. The van der Waals surface area contributed by atoms with Crippen molar-refractivity contribution in [3.8, 4) is 0 Å². The van der Waals surface area contributed by atoms with Gasteiger partial charge in [0.2, 0.25) is 0 Å². The van der Waals surface area contributed by atoms with Crippen molar-refractivity contribution in [3.05, 3.63) is 0 Å². The SMILES string of the molecule is CCCCC[CH2][Al-]([CH2]CCCCC)([CH2]CCCCC)[CH2]CCCCC.[Li+]. The average molecular weight is 375 g/mol. The van der Waals surface area contributed by atoms with Gasteiger partial charge >= 0.3 is 18.9 Å². The molecular formula is C24H52AlLi. The largest absolute Gasteiger partial charge is 1.00 e. The zero-order chi connectivity index (χ0) is 18.6. The predicted octanol–water partition coefficient (Wildman–Crippen LogP) is 6.76. The third kappa shape index (κ3) is 17.2. The molecule has 0 nitrogen and oxygen atoms in total. The van der Waals surface area contributed by atoms with E-state index in [2.05, 4.69) is 27.7 Å². The molecule has 0 rings (SSSR count). The number of hydrogen-bond donors (Lipinski definition) is 0. The van der Waals surface area contributed by atoms with E-state index < -0.39 is 13.1 Å². The second kappa shape index (κ2) is 22.4. The van der Waals surface area contributed by atoms with Crippen LogP contribution in [0.3, 0.4) is 0 Å². The zero-order valence-corrected chi connectivity index (χ0v) is 20.9. The Morgan fingerprint density at radius 3 is 0.769 bits per heavy atom. The second-order valence-electron chi connectivity index (χ2n) is 9.13. The second-order valence-corrected chi connectivity index (χ2v) is 14.9. The van der Waals surface area contributed by atoms with Crippen molar-refractivity contribution in [2.24, 2.45) is 0 Å². The molecule has 0 aromatic heterocycles. The topological polar surface area (TPSA) is 0 Å². The van der Waals surface area contributed by atoms with Crippen molar-refractivity contribution in [3.63, 3.8) is 0 Å². The Kier molecular flexibility index (Phi) is 25.3. The smallest absolute Gasteiger partial charge is 0.191 e. The van der Waals surface area contributed by atoms with Gasteiger partial charge in [0, 0.05) is 0 Å². The summed E-state index contributed by atoms with van der Waals surface area (Å²) in [5, 5.41) is 6.77. The average Bonchev–Trinajstić information content (AvgIpc) is 2.63. The van der Waals surface area contributed by atoms with Gasteiger partial charge in [-0.25, -0.2) is 0 Å². The minimum absolute atomic E-state index is 0. The van der Waals surface area contributed by atoms with E-state index in [0.717, 1.165) is 0 Å². The molecule has 0 bridgehead atoms. The molecule has 0 fully saturated rings. The summed E-state index contributed by atoms with van der Waals surface area (Å²) in [4.78, 5) is 0. The molecular weight excluding hydrogens is 322 g/mol. The van der Waals surface area contributed by atoms with Gasteiger partial charge in [-0.1, -0.05) is 130 Å². The third-order valence-corrected chi connectivity index (χ3v) is 13.2. The molecule has 0 aliphatic carbocycles. The summed E-state index contributed by atoms with van der Waals surface area (Å²) in [6, 6.07) is 0. The van der Waals surface area contributed by atoms with E-state index in [9.17, 15) is 0 Å². The van der Waals surface area contributed by atoms with Crippen molar-refractivity contribution in [1.29, 1.82) is 0 Å². The van der Waals surface area contributed by atoms with E-state index >= 15 is 0 Å². The summed E-state index contributed by atoms with van der Waals surface area (Å²) >= 11 is -1.33. The van der Waals surface area contributed by atoms with E-state index in [1.165, 1.54) is 77.0 Å². The van der Waals surface area contributed by atoms with E-state index in [0.29, 0.717) is 0 Å². The molecule has 0 amide bonds. The van der Waals surface area contributed by atoms with Gasteiger partial charge in [0.25, 0.3) is 0 Å². The Bertz CT molecular complexity index is 201. The van der Waals surface area contributed by atoms with Gasteiger partial charge in [-0.2, -0.15) is 21.1 Å². The summed E-state index contributed by atoms with van der Waals surface area (Å²) in [5.74, 6) is 0. The summed E-state index contributed by atoms with van der Waals surface area (Å²) in [7, 11) is 0. The van der Waals surface area contributed by atoms with Gasteiger partial charge in [0.1, 0.15) is 13.1 Å². The Morgan fingerprint density at radius 1 is 0.346 bits per heavy atom. The maximum atomic E-state index is 2.35. The van der Waals surface area contributed by atoms with Crippen LogP contribution in [0.2, 0.25) is 21.1 Å². The van der Waals surface area contributed by atoms with Crippen LogP contribution in [0.15, 0.2) is 0 Å². The molecule has 0 aromatic carbocycles. The van der Waals surface area contributed by atoms with Gasteiger partial charge in [-0.15, -0.1) is 0 Å². The molecule has 0 spiro atoms. The van der Waals surface area contributed by atoms with Crippen LogP contribution >= 0.6 is 0 Å². The molecule has 26 heavy (non-hydrogen) atoms. The summed E-state index contributed by atoms with van der Waals surface area (Å²) in [6.07, 6.45) is 23.7. The zero-order valence-electron chi connectivity index (χ0n) is 19.7. The van der Waals surface area contributed by atoms with Gasteiger partial charge in [0.15, 0.2) is 0 Å². The fourth-order valence-corrected chi connectivity index (χ4v) is 11.2. The van der Waals surface area contributed by atoms with Crippen LogP contribution < -0.4 is 18.9 Å². The van der Waals surface area contributed by atoms with Gasteiger partial charge < -0.3 is 0 Å². The van der Waals surface area contributed by atoms with Crippen molar-refractivity contribution in [2.45, 2.75) is 152 Å². The first-order chi connectivity index (χ1) is 12.2. The standard InChI is InChI=1S/4C6H13.Al.Li/c4*1-3-5-6-4-2;;/h4*1,3-6H2,2H3;;/q;;;;-1;+1. The molecule has 152 valence electrons. The Hall–Kier alpha value is 1.13. The van der Waals surface area contributed by atoms with Crippen molar-refractivity contribution < 1.29 is 18.9 Å². The Balaban J connectivity index is 0. The van der Waals surface area contributed by atoms with E-state index in [4.69, 9.17) is 0 Å². The quantitative estimate of drug-likeness (QED) is 0.163. The molecule has 0 saturated heterocycles. The predicted molar refractivity (Wildman–Crippen MR) is 122 cm³/mol. The fraction of sp³-hybridized carbons (Fsp3) is 1.00. The van der Waals surface area contributed by atoms with Crippen LogP contribution in [-0.2, 0) is 0 Å². The monoisotopic (exact) mass is 374 g/mol. The molecule has 0 unspecified atom stereocenters. The van der Waals surface area contributed by atoms with Gasteiger partial charge in [0.05, 0.1) is 0 Å². The van der Waals surface area contributed by atoms with Gasteiger partial charge in [-0.05, 0) is 0 Å². The molecule has 0 radical (unpaired) electrons. The van der Waals surface area contributed by atoms with Crippen LogP contribution in [0.5, 0.6) is 0 Å². The van der Waals surface area contributed by atoms with Crippen LogP contribution in [-0.4, -0.2) is 13.1 Å². The molecule has 2 heteroatoms. The summed E-state index contributed by atoms with van der Waals surface area (Å²) in [6.45, 7) is 9.42. The number of rotatable bonds is 20. The van der Waals surface area contributed by atoms with Crippen LogP contribution in [0, 0.1) is 0 Å². The minimum Gasteiger partial charge on any atom is -0.191 e. The first-order valence-electron chi connectivity index (χ1n) is 12.5. The van der Waals surface area contributed by atoms with Crippen molar-refractivity contribution in [1.82, 2.24) is 0 Å². The van der Waals surface area contributed by atoms with Crippen molar-refractivity contribution in [2.75, 3.05) is 0 Å². The number of hydrogen-bond acceptors (Lipinski definition) is 0. The normalized spacial score (nSPS) is 11.5. The minimum atomic E-state index is -1.33. The molecule has 0 aromatic rings. The Morgan fingerprint density at radius 2 is 0.577 bits per heavy atom. The summed E-state index contributed by atoms with van der Waals surface area (Å²) in [5.41, 5.74) is 0.